The number of nitrogens with two attached hydrogens (primary N) is 1. The van der Waals surface area contributed by atoms with E-state index in [0.717, 1.165) is 11.5 Å². The maximum atomic E-state index is 12.9. The van der Waals surface area contributed by atoms with Crippen molar-refractivity contribution in [1.29, 1.82) is 0 Å². The van der Waals surface area contributed by atoms with E-state index in [9.17, 15) is 19.5 Å². The number of fused-ring (bicyclic) bond motifs is 1. The molecule has 2 aromatic rings. The summed E-state index contributed by atoms with van der Waals surface area (Å²) in [4.78, 5) is 48.1. The first-order valence-corrected chi connectivity index (χ1v) is 13.1. The van der Waals surface area contributed by atoms with E-state index in [0.29, 0.717) is 4.34 Å². The minimum Gasteiger partial charge on any atom is -0.481 e. The lowest BCUT2D eigenvalue weighted by molar-refractivity contribution is -0.157. The number of rotatable bonds is 9. The molecule has 34 heavy (non-hydrogen) atoms. The number of hydrogen-bond acceptors (Lipinski definition) is 14. The summed E-state index contributed by atoms with van der Waals surface area (Å²) < 4.78 is 4.61. The molecule has 2 fully saturated rings. The zero-order chi connectivity index (χ0) is 24.3. The fourth-order valence-corrected chi connectivity index (χ4v) is 6.97. The average molecular weight is 541 g/mol. The Bertz CT molecular complexity index is 1170. The summed E-state index contributed by atoms with van der Waals surface area (Å²) in [5.74, 6) is 0.513. The zero-order valence-electron chi connectivity index (χ0n) is 17.1. The summed E-state index contributed by atoms with van der Waals surface area (Å²) >= 11 is 4.76. The molecule has 2 saturated heterocycles. The molecular formula is C17H16N8O5S4. The van der Waals surface area contributed by atoms with Crippen molar-refractivity contribution >= 4 is 75.0 Å². The van der Waals surface area contributed by atoms with E-state index in [1.807, 2.05) is 0 Å². The number of aliphatic carboxylic acids is 1. The van der Waals surface area contributed by atoms with Gasteiger partial charge >= 0.3 is 5.97 Å². The predicted molar refractivity (Wildman–Crippen MR) is 126 cm³/mol. The van der Waals surface area contributed by atoms with Gasteiger partial charge in [-0.25, -0.2) is 0 Å². The maximum absolute atomic E-state index is 12.9. The molecule has 0 saturated carbocycles. The van der Waals surface area contributed by atoms with Crippen LogP contribution in [0.2, 0.25) is 0 Å². The molecule has 0 aromatic carbocycles. The van der Waals surface area contributed by atoms with Gasteiger partial charge in [-0.3, -0.25) is 14.4 Å². The van der Waals surface area contributed by atoms with Crippen LogP contribution in [0.4, 0.5) is 5.13 Å². The largest absolute Gasteiger partial charge is 0.481 e. The number of carbonyl (C=O) groups excluding carboxylic acids is 2. The minimum absolute atomic E-state index is 0.0212. The zero-order valence-corrected chi connectivity index (χ0v) is 20.4. The second kappa shape index (κ2) is 10.1. The standard InChI is InChI=1S/C17H16N8O5S4/c1-2-3-30-23-8(10-21-15(18)34-24-10)11(26)20-9-12(27)25-4-17(14(28)29,5-31-13(9)25)6-32-16-22-19-7-33-16/h1,7,9,13H,3-6H2,(H,20,26)(H,28,29)(H2,18,21,24)/t9?,13-,17?/m1/s1. The number of nitrogens with zero attached hydrogens (tertiary/aromatic N) is 6. The number of terminal acetylenes is 1. The normalized spacial score (nSPS) is 24.0. The van der Waals surface area contributed by atoms with Gasteiger partial charge in [-0.15, -0.1) is 28.4 Å². The van der Waals surface area contributed by atoms with Gasteiger partial charge in [-0.1, -0.05) is 34.2 Å². The summed E-state index contributed by atoms with van der Waals surface area (Å²) in [5, 5.41) is 23.6. The number of β-lactam (4-membered cyclic amide) rings is 1. The molecule has 4 N–H and O–H groups in total. The Morgan fingerprint density at radius 2 is 2.35 bits per heavy atom. The smallest absolute Gasteiger partial charge is 0.313 e. The van der Waals surface area contributed by atoms with Crippen molar-refractivity contribution in [3.05, 3.63) is 11.3 Å². The highest BCUT2D eigenvalue weighted by atomic mass is 32.2. The van der Waals surface area contributed by atoms with Crippen molar-refractivity contribution in [3.63, 3.8) is 0 Å². The van der Waals surface area contributed by atoms with Crippen LogP contribution in [0.1, 0.15) is 5.82 Å². The molecule has 17 heteroatoms. The Kier molecular flexibility index (Phi) is 7.21. The number of carbonyl (C=O) groups is 3. The van der Waals surface area contributed by atoms with Crippen LogP contribution in [-0.2, 0) is 19.2 Å². The number of aromatic nitrogens is 4. The molecule has 2 aliphatic heterocycles. The third-order valence-electron chi connectivity index (χ3n) is 4.87. The van der Waals surface area contributed by atoms with E-state index in [2.05, 4.69) is 35.9 Å². The van der Waals surface area contributed by atoms with E-state index in [4.69, 9.17) is 17.0 Å². The van der Waals surface area contributed by atoms with Gasteiger partial charge in [0.2, 0.25) is 17.4 Å². The van der Waals surface area contributed by atoms with E-state index in [1.165, 1.54) is 39.8 Å². The lowest BCUT2D eigenvalue weighted by Gasteiger charge is -2.53. The number of nitrogens with one attached hydrogen (secondary N) is 1. The van der Waals surface area contributed by atoms with Crippen LogP contribution in [0.25, 0.3) is 0 Å². The number of carboxylic acids is 1. The first-order valence-electron chi connectivity index (χ1n) is 9.43. The summed E-state index contributed by atoms with van der Waals surface area (Å²) in [6, 6.07) is -0.867. The molecule has 0 aliphatic carbocycles. The Morgan fingerprint density at radius 1 is 1.53 bits per heavy atom. The van der Waals surface area contributed by atoms with Gasteiger partial charge < -0.3 is 25.9 Å². The van der Waals surface area contributed by atoms with E-state index in [-0.39, 0.29) is 41.3 Å². The van der Waals surface area contributed by atoms with Gasteiger partial charge in [-0.2, -0.15) is 9.36 Å². The van der Waals surface area contributed by atoms with Crippen molar-refractivity contribution in [1.82, 2.24) is 29.8 Å². The summed E-state index contributed by atoms with van der Waals surface area (Å²) in [7, 11) is 0. The number of oxime groups is 1. The highest BCUT2D eigenvalue weighted by Crippen LogP contribution is 2.44. The quantitative estimate of drug-likeness (QED) is 0.0933. The van der Waals surface area contributed by atoms with Crippen molar-refractivity contribution in [2.45, 2.75) is 15.8 Å². The first kappa shape index (κ1) is 24.2. The monoisotopic (exact) mass is 540 g/mol. The second-order valence-corrected chi connectivity index (χ2v) is 11.0. The number of carboxylic acid groups (broad SMARTS) is 1. The van der Waals surface area contributed by atoms with Gasteiger partial charge in [-0.05, 0) is 0 Å². The second-order valence-electron chi connectivity index (χ2n) is 7.07. The van der Waals surface area contributed by atoms with E-state index >= 15 is 0 Å². The molecule has 0 radical (unpaired) electrons. The fraction of sp³-hybridized carbons (Fsp3) is 0.412. The third-order valence-corrected chi connectivity index (χ3v) is 9.15. The Balaban J connectivity index is 1.43. The minimum atomic E-state index is -1.15. The molecule has 2 aromatic heterocycles. The number of amides is 2. The van der Waals surface area contributed by atoms with Gasteiger partial charge in [0.15, 0.2) is 16.1 Å². The summed E-state index contributed by atoms with van der Waals surface area (Å²) in [6.45, 7) is -0.162. The van der Waals surface area contributed by atoms with Crippen molar-refractivity contribution in [2.75, 3.05) is 30.4 Å². The highest BCUT2D eigenvalue weighted by molar-refractivity contribution is 8.01. The van der Waals surface area contributed by atoms with Gasteiger partial charge in [0.05, 0.1) is 0 Å². The molecule has 3 atom stereocenters. The number of anilines is 1. The van der Waals surface area contributed by atoms with Gasteiger partial charge in [0, 0.05) is 29.6 Å². The number of nitrogen functional groups attached to an aromatic ring is 1. The predicted octanol–water partition coefficient (Wildman–Crippen LogP) is -0.411. The fourth-order valence-electron chi connectivity index (χ4n) is 3.19. The lowest BCUT2D eigenvalue weighted by atomic mass is 9.89. The maximum Gasteiger partial charge on any atom is 0.313 e. The first-order chi connectivity index (χ1) is 16.3. The Morgan fingerprint density at radius 3 is 3.00 bits per heavy atom. The topological polar surface area (TPSA) is 186 Å². The van der Waals surface area contributed by atoms with Crippen molar-refractivity contribution < 1.29 is 24.3 Å². The molecule has 2 aliphatic rings. The highest BCUT2D eigenvalue weighted by Gasteiger charge is 2.57. The molecular weight excluding hydrogens is 525 g/mol. The molecule has 178 valence electrons. The van der Waals surface area contributed by atoms with Crippen LogP contribution in [0, 0.1) is 17.8 Å². The van der Waals surface area contributed by atoms with Crippen LogP contribution in [0.15, 0.2) is 15.0 Å². The number of thioether (sulfide) groups is 2. The van der Waals surface area contributed by atoms with E-state index in [1.54, 1.807) is 5.51 Å². The van der Waals surface area contributed by atoms with Crippen LogP contribution >= 0.6 is 46.4 Å². The Labute approximate surface area is 209 Å². The average Bonchev–Trinajstić information content (AvgIpc) is 3.50. The van der Waals surface area contributed by atoms with Gasteiger partial charge in [0.25, 0.3) is 5.91 Å². The Hall–Kier alpha value is -2.94. The SMILES string of the molecule is C#CCON=C(C(=O)NC1C(=O)N2CC(CSc3nncs3)(C(=O)O)CS[C@H]12)c1nsc(N)n1. The van der Waals surface area contributed by atoms with Crippen LogP contribution in [0.5, 0.6) is 0 Å². The van der Waals surface area contributed by atoms with Crippen LogP contribution in [-0.4, -0.2) is 89.1 Å². The summed E-state index contributed by atoms with van der Waals surface area (Å²) in [5.41, 5.74) is 5.73. The van der Waals surface area contributed by atoms with Crippen LogP contribution < -0.4 is 11.1 Å². The molecule has 0 spiro atoms. The summed E-state index contributed by atoms with van der Waals surface area (Å²) in [6.07, 6.45) is 5.13. The third kappa shape index (κ3) is 4.80. The molecule has 2 unspecified atom stereocenters. The molecule has 0 bridgehead atoms. The lowest BCUT2D eigenvalue weighted by Crippen LogP contribution is -2.74. The van der Waals surface area contributed by atoms with Crippen LogP contribution in [0.3, 0.4) is 0 Å². The molecule has 2 amide bonds. The molecule has 4 rings (SSSR count). The van der Waals surface area contributed by atoms with Crippen molar-refractivity contribution in [2.24, 2.45) is 10.6 Å². The van der Waals surface area contributed by atoms with E-state index < -0.39 is 34.6 Å². The molecule has 13 nitrogen and oxygen atoms in total. The van der Waals surface area contributed by atoms with Crippen molar-refractivity contribution in [3.8, 4) is 12.3 Å². The molecule has 4 heterocycles. The number of hydrogen-bond donors (Lipinski definition) is 3. The van der Waals surface area contributed by atoms with Gasteiger partial charge in [0.1, 0.15) is 22.3 Å².